The molecule has 1 atom stereocenters. The van der Waals surface area contributed by atoms with Gasteiger partial charge in [0.25, 0.3) is 0 Å². The third-order valence-electron chi connectivity index (χ3n) is 4.28. The molecule has 1 N–H and O–H groups in total. The first-order valence-corrected chi connectivity index (χ1v) is 9.58. The second kappa shape index (κ2) is 6.10. The van der Waals surface area contributed by atoms with Crippen LogP contribution in [0.1, 0.15) is 12.8 Å². The number of rotatable bonds is 4. The minimum absolute atomic E-state index is 0.0515. The molecule has 126 valence electrons. The summed E-state index contributed by atoms with van der Waals surface area (Å²) >= 11 is 0. The highest BCUT2D eigenvalue weighted by Crippen LogP contribution is 2.15. The Hall–Kier alpha value is -1.64. The first-order valence-electron chi connectivity index (χ1n) is 7.69. The smallest absolute Gasteiger partial charge is 0.295 e. The van der Waals surface area contributed by atoms with E-state index in [4.69, 9.17) is 0 Å². The lowest BCUT2D eigenvalue weighted by molar-refractivity contribution is 0.161. The maximum absolute atomic E-state index is 12.5. The topological polar surface area (TPSA) is 76.3 Å². The average molecular weight is 338 g/mol. The van der Waals surface area contributed by atoms with E-state index in [-0.39, 0.29) is 11.7 Å². The van der Waals surface area contributed by atoms with Crippen LogP contribution >= 0.6 is 0 Å². The normalized spacial score (nSPS) is 20.2. The molecule has 3 rings (SSSR count). The molecular formula is C15H22N4O3S. The number of sulfonamides is 1. The van der Waals surface area contributed by atoms with Crippen LogP contribution in [0.2, 0.25) is 0 Å². The van der Waals surface area contributed by atoms with Crippen LogP contribution in [0.4, 0.5) is 0 Å². The Morgan fingerprint density at radius 2 is 1.96 bits per heavy atom. The number of hydrogen-bond donors (Lipinski definition) is 1. The fourth-order valence-electron chi connectivity index (χ4n) is 3.28. The van der Waals surface area contributed by atoms with Crippen molar-refractivity contribution in [3.05, 3.63) is 34.7 Å². The molecule has 2 aromatic rings. The summed E-state index contributed by atoms with van der Waals surface area (Å²) in [6, 6.07) is 7.61. The van der Waals surface area contributed by atoms with Crippen molar-refractivity contribution in [1.29, 1.82) is 0 Å². The van der Waals surface area contributed by atoms with Gasteiger partial charge in [-0.3, -0.25) is 14.0 Å². The minimum Gasteiger partial charge on any atom is -0.295 e. The molecule has 0 saturated carbocycles. The Bertz CT molecular complexity index is 868. The lowest BCUT2D eigenvalue weighted by Gasteiger charge is -2.32. The molecule has 2 heterocycles. The van der Waals surface area contributed by atoms with Crippen LogP contribution in [0.3, 0.4) is 0 Å². The van der Waals surface area contributed by atoms with E-state index in [0.29, 0.717) is 13.2 Å². The Morgan fingerprint density at radius 3 is 2.65 bits per heavy atom. The molecule has 0 spiro atoms. The Balaban J connectivity index is 1.82. The maximum atomic E-state index is 12.5. The average Bonchev–Trinajstić information content (AvgIpc) is 2.72. The van der Waals surface area contributed by atoms with E-state index < -0.39 is 10.0 Å². The Morgan fingerprint density at radius 1 is 1.26 bits per heavy atom. The van der Waals surface area contributed by atoms with Crippen LogP contribution in [0.15, 0.2) is 29.1 Å². The van der Waals surface area contributed by atoms with Crippen molar-refractivity contribution < 1.29 is 8.42 Å². The number of aryl methyl sites for hydroxylation is 1. The lowest BCUT2D eigenvalue weighted by Crippen LogP contribution is -2.48. The summed E-state index contributed by atoms with van der Waals surface area (Å²) < 4.78 is 28.9. The molecule has 1 aliphatic rings. The zero-order valence-corrected chi connectivity index (χ0v) is 14.2. The van der Waals surface area contributed by atoms with Crippen molar-refractivity contribution in [2.75, 3.05) is 19.3 Å². The number of piperidine rings is 1. The van der Waals surface area contributed by atoms with Gasteiger partial charge in [-0.15, -0.1) is 0 Å². The molecule has 0 amide bonds. The number of imidazole rings is 1. The van der Waals surface area contributed by atoms with Crippen molar-refractivity contribution in [1.82, 2.24) is 18.8 Å². The zero-order chi connectivity index (χ0) is 16.6. The largest absolute Gasteiger partial charge is 0.329 e. The van der Waals surface area contributed by atoms with Crippen molar-refractivity contribution in [2.45, 2.75) is 25.6 Å². The highest BCUT2D eigenvalue weighted by atomic mass is 32.2. The second-order valence-electron chi connectivity index (χ2n) is 6.21. The second-order valence-corrected chi connectivity index (χ2v) is 7.99. The molecule has 1 unspecified atom stereocenters. The molecule has 7 nitrogen and oxygen atoms in total. The number of fused-ring (bicyclic) bond motifs is 1. The van der Waals surface area contributed by atoms with Crippen LogP contribution in [-0.4, -0.2) is 47.8 Å². The molecule has 1 aliphatic heterocycles. The van der Waals surface area contributed by atoms with Gasteiger partial charge in [-0.25, -0.2) is 17.9 Å². The van der Waals surface area contributed by atoms with Gasteiger partial charge in [0.2, 0.25) is 10.0 Å². The summed E-state index contributed by atoms with van der Waals surface area (Å²) in [5, 5.41) is 0. The third kappa shape index (κ3) is 3.49. The van der Waals surface area contributed by atoms with E-state index in [2.05, 4.69) is 9.62 Å². The fourth-order valence-corrected chi connectivity index (χ4v) is 4.08. The maximum Gasteiger partial charge on any atom is 0.329 e. The highest BCUT2D eigenvalue weighted by molar-refractivity contribution is 7.88. The molecule has 0 radical (unpaired) electrons. The molecule has 0 aliphatic carbocycles. The summed E-state index contributed by atoms with van der Waals surface area (Å²) in [4.78, 5) is 14.6. The summed E-state index contributed by atoms with van der Waals surface area (Å²) in [5.41, 5.74) is 1.75. The van der Waals surface area contributed by atoms with Gasteiger partial charge in [0.1, 0.15) is 0 Å². The molecule has 1 fully saturated rings. The van der Waals surface area contributed by atoms with E-state index in [1.165, 1.54) is 6.26 Å². The predicted octanol–water partition coefficient (Wildman–Crippen LogP) is 0.311. The van der Waals surface area contributed by atoms with E-state index in [1.54, 1.807) is 16.2 Å². The van der Waals surface area contributed by atoms with Gasteiger partial charge in [-0.05, 0) is 31.5 Å². The number of benzene rings is 1. The van der Waals surface area contributed by atoms with Gasteiger partial charge in [-0.1, -0.05) is 12.1 Å². The predicted molar refractivity (Wildman–Crippen MR) is 89.8 cm³/mol. The van der Waals surface area contributed by atoms with Crippen molar-refractivity contribution in [3.63, 3.8) is 0 Å². The number of nitrogens with zero attached hydrogens (tertiary/aromatic N) is 3. The number of likely N-dealkylation sites (tertiary alicyclic amines) is 1. The minimum atomic E-state index is -3.21. The molecule has 8 heteroatoms. The van der Waals surface area contributed by atoms with Gasteiger partial charge >= 0.3 is 5.69 Å². The van der Waals surface area contributed by atoms with E-state index in [9.17, 15) is 13.2 Å². The van der Waals surface area contributed by atoms with Crippen LogP contribution in [0.5, 0.6) is 0 Å². The Kier molecular flexibility index (Phi) is 4.31. The van der Waals surface area contributed by atoms with Crippen LogP contribution in [-0.2, 0) is 23.7 Å². The summed E-state index contributed by atoms with van der Waals surface area (Å²) in [7, 11) is -1.44. The van der Waals surface area contributed by atoms with Gasteiger partial charge in [0.05, 0.1) is 24.0 Å². The molecule has 1 aromatic carbocycles. The fraction of sp³-hybridized carbons (Fsp3) is 0.533. The lowest BCUT2D eigenvalue weighted by atomic mass is 10.1. The van der Waals surface area contributed by atoms with Crippen molar-refractivity contribution in [3.8, 4) is 0 Å². The summed E-state index contributed by atoms with van der Waals surface area (Å²) in [6.07, 6.45) is 2.92. The highest BCUT2D eigenvalue weighted by Gasteiger charge is 2.23. The van der Waals surface area contributed by atoms with Gasteiger partial charge in [0, 0.05) is 19.6 Å². The zero-order valence-electron chi connectivity index (χ0n) is 13.4. The standard InChI is InChI=1S/C15H22N4O3S/c1-17-13-7-3-4-8-14(13)19(15(17)20)11-18-9-5-6-12(10-18)16-23(2,21)22/h3-4,7-8,12,16H,5-6,9-11H2,1-2H3. The van der Waals surface area contributed by atoms with Crippen molar-refractivity contribution in [2.24, 2.45) is 7.05 Å². The first-order chi connectivity index (χ1) is 10.8. The number of aromatic nitrogens is 2. The summed E-state index contributed by atoms with van der Waals surface area (Å²) in [6.45, 7) is 1.95. The monoisotopic (exact) mass is 338 g/mol. The van der Waals surface area contributed by atoms with Gasteiger partial charge in [0.15, 0.2) is 0 Å². The number of para-hydroxylation sites is 2. The van der Waals surface area contributed by atoms with Crippen LogP contribution in [0.25, 0.3) is 11.0 Å². The van der Waals surface area contributed by atoms with E-state index in [0.717, 1.165) is 30.4 Å². The van der Waals surface area contributed by atoms with Crippen LogP contribution < -0.4 is 10.4 Å². The molecule has 23 heavy (non-hydrogen) atoms. The van der Waals surface area contributed by atoms with Gasteiger partial charge in [-0.2, -0.15) is 0 Å². The molecule has 1 saturated heterocycles. The van der Waals surface area contributed by atoms with Gasteiger partial charge < -0.3 is 0 Å². The van der Waals surface area contributed by atoms with E-state index >= 15 is 0 Å². The quantitative estimate of drug-likeness (QED) is 0.871. The van der Waals surface area contributed by atoms with Crippen LogP contribution in [0, 0.1) is 0 Å². The summed E-state index contributed by atoms with van der Waals surface area (Å²) in [5.74, 6) is 0. The SMILES string of the molecule is Cn1c(=O)n(CN2CCCC(NS(C)(=O)=O)C2)c2ccccc21. The Labute approximate surface area is 135 Å². The number of nitrogens with one attached hydrogen (secondary N) is 1. The molecular weight excluding hydrogens is 316 g/mol. The third-order valence-corrected chi connectivity index (χ3v) is 5.04. The first kappa shape index (κ1) is 16.2. The molecule has 0 bridgehead atoms. The van der Waals surface area contributed by atoms with Crippen molar-refractivity contribution >= 4 is 21.1 Å². The van der Waals surface area contributed by atoms with E-state index in [1.807, 2.05) is 24.3 Å². The number of hydrogen-bond acceptors (Lipinski definition) is 4. The molecule has 1 aromatic heterocycles.